The summed E-state index contributed by atoms with van der Waals surface area (Å²) in [6.45, 7) is 3.62. The van der Waals surface area contributed by atoms with Crippen molar-refractivity contribution in [2.24, 2.45) is 0 Å². The van der Waals surface area contributed by atoms with Crippen LogP contribution in [0.15, 0.2) is 24.3 Å². The highest BCUT2D eigenvalue weighted by molar-refractivity contribution is 5.95. The van der Waals surface area contributed by atoms with Gasteiger partial charge in [0.15, 0.2) is 5.78 Å². The Morgan fingerprint density at radius 2 is 2.05 bits per heavy atom. The molecule has 0 heterocycles. The van der Waals surface area contributed by atoms with Crippen LogP contribution in [0.4, 0.5) is 0 Å². The lowest BCUT2D eigenvalue weighted by Gasteiger charge is -2.06. The van der Waals surface area contributed by atoms with E-state index >= 15 is 0 Å². The summed E-state index contributed by atoms with van der Waals surface area (Å²) in [5, 5.41) is 2.71. The smallest absolute Gasteiger partial charge is 0.216 e. The second-order valence-corrected chi connectivity index (χ2v) is 4.19. The zero-order chi connectivity index (χ0) is 14.3. The van der Waals surface area contributed by atoms with Crippen molar-refractivity contribution in [1.82, 2.24) is 5.32 Å². The predicted molar refractivity (Wildman–Crippen MR) is 75.3 cm³/mol. The molecule has 0 saturated heterocycles. The zero-order valence-electron chi connectivity index (χ0n) is 11.5. The highest BCUT2D eigenvalue weighted by Crippen LogP contribution is 2.21. The highest BCUT2D eigenvalue weighted by Gasteiger charge is 2.04. The molecule has 0 fully saturated rings. The molecule has 0 radical (unpaired) electrons. The Kier molecular flexibility index (Phi) is 5.79. The summed E-state index contributed by atoms with van der Waals surface area (Å²) in [7, 11) is 1.59. The molecule has 19 heavy (non-hydrogen) atoms. The molecule has 4 heteroatoms. The summed E-state index contributed by atoms with van der Waals surface area (Å²) in [5.74, 6) is 0.709. The van der Waals surface area contributed by atoms with E-state index in [0.717, 1.165) is 17.7 Å². The van der Waals surface area contributed by atoms with Crippen molar-refractivity contribution in [2.45, 2.75) is 20.3 Å². The summed E-state index contributed by atoms with van der Waals surface area (Å²) in [4.78, 5) is 22.0. The van der Waals surface area contributed by atoms with Crippen LogP contribution in [0.5, 0.6) is 5.75 Å². The number of ether oxygens (including phenoxy) is 1. The van der Waals surface area contributed by atoms with Crippen LogP contribution in [0.1, 0.15) is 36.2 Å². The third kappa shape index (κ3) is 4.95. The molecule has 1 rings (SSSR count). The van der Waals surface area contributed by atoms with Crippen LogP contribution in [-0.2, 0) is 4.79 Å². The van der Waals surface area contributed by atoms with Gasteiger partial charge in [0.1, 0.15) is 5.75 Å². The lowest BCUT2D eigenvalue weighted by atomic mass is 10.1. The summed E-state index contributed by atoms with van der Waals surface area (Å²) >= 11 is 0. The van der Waals surface area contributed by atoms with Gasteiger partial charge in [-0.25, -0.2) is 0 Å². The first kappa shape index (κ1) is 15.0. The average Bonchev–Trinajstić information content (AvgIpc) is 2.37. The number of hydrogen-bond acceptors (Lipinski definition) is 3. The molecule has 0 aromatic heterocycles. The van der Waals surface area contributed by atoms with Crippen molar-refractivity contribution in [1.29, 1.82) is 0 Å². The van der Waals surface area contributed by atoms with E-state index in [0.29, 0.717) is 12.1 Å². The maximum atomic E-state index is 11.3. The maximum Gasteiger partial charge on any atom is 0.216 e. The monoisotopic (exact) mass is 261 g/mol. The van der Waals surface area contributed by atoms with Crippen LogP contribution in [0.2, 0.25) is 0 Å². The lowest BCUT2D eigenvalue weighted by molar-refractivity contribution is -0.118. The topological polar surface area (TPSA) is 55.4 Å². The van der Waals surface area contributed by atoms with Crippen molar-refractivity contribution in [3.63, 3.8) is 0 Å². The second-order valence-electron chi connectivity index (χ2n) is 4.19. The van der Waals surface area contributed by atoms with Gasteiger partial charge in [-0.1, -0.05) is 12.2 Å². The van der Waals surface area contributed by atoms with Gasteiger partial charge in [-0.15, -0.1) is 0 Å². The van der Waals surface area contributed by atoms with Gasteiger partial charge in [0, 0.05) is 24.6 Å². The number of ketones is 1. The van der Waals surface area contributed by atoms with Crippen molar-refractivity contribution < 1.29 is 14.3 Å². The Bertz CT molecular complexity index is 492. The number of carbonyl (C=O) groups excluding carboxylic acids is 2. The Labute approximate surface area is 113 Å². The van der Waals surface area contributed by atoms with Crippen LogP contribution in [-0.4, -0.2) is 25.3 Å². The Morgan fingerprint density at radius 3 is 2.63 bits per heavy atom. The Balaban J connectivity index is 2.74. The third-order valence-corrected chi connectivity index (χ3v) is 2.62. The molecule has 0 unspecified atom stereocenters. The van der Waals surface area contributed by atoms with Gasteiger partial charge in [-0.2, -0.15) is 0 Å². The van der Waals surface area contributed by atoms with Gasteiger partial charge in [0.05, 0.1) is 7.11 Å². The SMILES string of the molecule is COc1ccc(C(C)=O)cc1C=CCCNC(C)=O. The van der Waals surface area contributed by atoms with Crippen molar-refractivity contribution in [3.8, 4) is 5.75 Å². The van der Waals surface area contributed by atoms with Crippen molar-refractivity contribution in [3.05, 3.63) is 35.4 Å². The molecule has 1 amide bonds. The highest BCUT2D eigenvalue weighted by atomic mass is 16.5. The third-order valence-electron chi connectivity index (χ3n) is 2.62. The summed E-state index contributed by atoms with van der Waals surface area (Å²) in [5.41, 5.74) is 1.51. The fourth-order valence-electron chi connectivity index (χ4n) is 1.63. The largest absolute Gasteiger partial charge is 0.496 e. The Morgan fingerprint density at radius 1 is 1.32 bits per heavy atom. The van der Waals surface area contributed by atoms with E-state index in [4.69, 9.17) is 4.74 Å². The van der Waals surface area contributed by atoms with Crippen LogP contribution in [0.3, 0.4) is 0 Å². The summed E-state index contributed by atoms with van der Waals surface area (Å²) < 4.78 is 5.24. The minimum Gasteiger partial charge on any atom is -0.496 e. The van der Waals surface area contributed by atoms with E-state index in [1.165, 1.54) is 13.8 Å². The second kappa shape index (κ2) is 7.36. The first-order valence-corrected chi connectivity index (χ1v) is 6.14. The molecule has 0 atom stereocenters. The molecule has 1 aromatic carbocycles. The lowest BCUT2D eigenvalue weighted by Crippen LogP contribution is -2.20. The molecular weight excluding hydrogens is 242 g/mol. The minimum atomic E-state index is -0.0374. The number of carbonyl (C=O) groups is 2. The molecule has 0 aliphatic carbocycles. The number of hydrogen-bond donors (Lipinski definition) is 1. The van der Waals surface area contributed by atoms with Gasteiger partial charge in [0.2, 0.25) is 5.91 Å². The van der Waals surface area contributed by atoms with Crippen LogP contribution in [0.25, 0.3) is 6.08 Å². The van der Waals surface area contributed by atoms with Gasteiger partial charge in [0.25, 0.3) is 0 Å². The average molecular weight is 261 g/mol. The molecule has 102 valence electrons. The maximum absolute atomic E-state index is 11.3. The Hall–Kier alpha value is -2.10. The number of benzene rings is 1. The fraction of sp³-hybridized carbons (Fsp3) is 0.333. The zero-order valence-corrected chi connectivity index (χ0v) is 11.5. The predicted octanol–water partition coefficient (Wildman–Crippen LogP) is 2.44. The van der Waals surface area contributed by atoms with Crippen LogP contribution >= 0.6 is 0 Å². The van der Waals surface area contributed by atoms with Crippen LogP contribution < -0.4 is 10.1 Å². The van der Waals surface area contributed by atoms with E-state index in [1.807, 2.05) is 12.2 Å². The molecular formula is C15H19NO3. The van der Waals surface area contributed by atoms with Gasteiger partial charge < -0.3 is 10.1 Å². The van der Waals surface area contributed by atoms with E-state index in [-0.39, 0.29) is 11.7 Å². The number of nitrogens with one attached hydrogen (secondary N) is 1. The normalized spacial score (nSPS) is 10.5. The number of methoxy groups -OCH3 is 1. The first-order chi connectivity index (χ1) is 9.04. The molecule has 0 bridgehead atoms. The van der Waals surface area contributed by atoms with Gasteiger partial charge in [-0.05, 0) is 31.5 Å². The van der Waals surface area contributed by atoms with Crippen molar-refractivity contribution >= 4 is 17.8 Å². The van der Waals surface area contributed by atoms with Crippen LogP contribution in [0, 0.1) is 0 Å². The van der Waals surface area contributed by atoms with E-state index in [1.54, 1.807) is 25.3 Å². The molecule has 0 aliphatic rings. The van der Waals surface area contributed by atoms with Gasteiger partial charge in [-0.3, -0.25) is 9.59 Å². The number of Topliss-reactive ketones (excluding diaryl/α,β-unsaturated/α-hetero) is 1. The van der Waals surface area contributed by atoms with Crippen molar-refractivity contribution in [2.75, 3.05) is 13.7 Å². The molecule has 0 aliphatic heterocycles. The first-order valence-electron chi connectivity index (χ1n) is 6.14. The number of amides is 1. The summed E-state index contributed by atoms with van der Waals surface area (Å²) in [6.07, 6.45) is 4.57. The molecule has 4 nitrogen and oxygen atoms in total. The van der Waals surface area contributed by atoms with E-state index < -0.39 is 0 Å². The summed E-state index contributed by atoms with van der Waals surface area (Å²) in [6, 6.07) is 5.33. The minimum absolute atomic E-state index is 0.0237. The van der Waals surface area contributed by atoms with Gasteiger partial charge >= 0.3 is 0 Å². The number of rotatable bonds is 6. The fourth-order valence-corrected chi connectivity index (χ4v) is 1.63. The molecule has 0 spiro atoms. The standard InChI is InChI=1S/C15H19NO3/c1-11(17)13-7-8-15(19-3)14(10-13)6-4-5-9-16-12(2)18/h4,6-8,10H,5,9H2,1-3H3,(H,16,18). The molecule has 1 N–H and O–H groups in total. The van der Waals surface area contributed by atoms with E-state index in [2.05, 4.69) is 5.32 Å². The quantitative estimate of drug-likeness (QED) is 0.632. The van der Waals surface area contributed by atoms with E-state index in [9.17, 15) is 9.59 Å². The molecule has 0 saturated carbocycles. The molecule has 1 aromatic rings.